The summed E-state index contributed by atoms with van der Waals surface area (Å²) in [6.45, 7) is 3.24. The lowest BCUT2D eigenvalue weighted by Crippen LogP contribution is -2.45. The highest BCUT2D eigenvalue weighted by Crippen LogP contribution is 2.42. The average molecular weight is 198 g/mol. The van der Waals surface area contributed by atoms with Gasteiger partial charge in [-0.15, -0.1) is 0 Å². The highest BCUT2D eigenvalue weighted by atomic mass is 16.4. The van der Waals surface area contributed by atoms with Gasteiger partial charge in [0.05, 0.1) is 11.3 Å². The summed E-state index contributed by atoms with van der Waals surface area (Å²) in [5.41, 5.74) is -1.19. The lowest BCUT2D eigenvalue weighted by atomic mass is 9.64. The number of rotatable bonds is 2. The molecule has 4 heteroatoms. The molecule has 0 unspecified atom stereocenters. The Labute approximate surface area is 82.2 Å². The third-order valence-electron chi connectivity index (χ3n) is 3.23. The van der Waals surface area contributed by atoms with Crippen molar-refractivity contribution >= 4 is 11.9 Å². The van der Waals surface area contributed by atoms with Crippen molar-refractivity contribution in [3.63, 3.8) is 0 Å². The summed E-state index contributed by atoms with van der Waals surface area (Å²) in [5.74, 6) is -3.16. The zero-order valence-corrected chi connectivity index (χ0v) is 8.23. The molecule has 0 aromatic rings. The Morgan fingerprint density at radius 1 is 1.43 bits per heavy atom. The first-order valence-electron chi connectivity index (χ1n) is 4.53. The van der Waals surface area contributed by atoms with Crippen LogP contribution in [0.2, 0.25) is 0 Å². The van der Waals surface area contributed by atoms with Crippen molar-refractivity contribution in [3.05, 3.63) is 12.2 Å². The highest BCUT2D eigenvalue weighted by molar-refractivity contribution is 5.84. The fraction of sp³-hybridized carbons (Fsp3) is 0.600. The lowest BCUT2D eigenvalue weighted by Gasteiger charge is -2.37. The molecule has 0 bridgehead atoms. The molecule has 3 atom stereocenters. The molecule has 0 heterocycles. The monoisotopic (exact) mass is 198 g/mol. The van der Waals surface area contributed by atoms with Crippen LogP contribution in [0.1, 0.15) is 20.3 Å². The fourth-order valence-corrected chi connectivity index (χ4v) is 1.88. The molecular weight excluding hydrogens is 184 g/mol. The Morgan fingerprint density at radius 3 is 2.36 bits per heavy atom. The largest absolute Gasteiger partial charge is 0.481 e. The van der Waals surface area contributed by atoms with E-state index >= 15 is 0 Å². The molecule has 0 saturated carbocycles. The molecule has 0 radical (unpaired) electrons. The maximum Gasteiger partial charge on any atom is 0.310 e. The van der Waals surface area contributed by atoms with Gasteiger partial charge in [0, 0.05) is 0 Å². The maximum atomic E-state index is 11.1. The molecule has 4 nitrogen and oxygen atoms in total. The minimum absolute atomic E-state index is 0.255. The summed E-state index contributed by atoms with van der Waals surface area (Å²) < 4.78 is 0. The molecule has 1 aliphatic carbocycles. The van der Waals surface area contributed by atoms with E-state index in [9.17, 15) is 9.59 Å². The van der Waals surface area contributed by atoms with Crippen molar-refractivity contribution in [2.45, 2.75) is 20.3 Å². The summed E-state index contributed by atoms with van der Waals surface area (Å²) >= 11 is 0. The molecule has 0 amide bonds. The molecular formula is C10H14O4. The molecule has 0 spiro atoms. The van der Waals surface area contributed by atoms with Crippen molar-refractivity contribution in [1.82, 2.24) is 0 Å². The van der Waals surface area contributed by atoms with Gasteiger partial charge in [-0.3, -0.25) is 9.59 Å². The lowest BCUT2D eigenvalue weighted by molar-refractivity contribution is -0.164. The molecule has 0 aromatic carbocycles. The average Bonchev–Trinajstić information content (AvgIpc) is 2.08. The predicted molar refractivity (Wildman–Crippen MR) is 49.8 cm³/mol. The third-order valence-corrected chi connectivity index (χ3v) is 3.23. The van der Waals surface area contributed by atoms with Crippen LogP contribution in [0.15, 0.2) is 12.2 Å². The summed E-state index contributed by atoms with van der Waals surface area (Å²) in [7, 11) is 0. The van der Waals surface area contributed by atoms with Crippen LogP contribution < -0.4 is 0 Å². The van der Waals surface area contributed by atoms with Gasteiger partial charge >= 0.3 is 11.9 Å². The molecule has 1 aliphatic rings. The van der Waals surface area contributed by atoms with Crippen molar-refractivity contribution in [3.8, 4) is 0 Å². The van der Waals surface area contributed by atoms with Crippen LogP contribution >= 0.6 is 0 Å². The summed E-state index contributed by atoms with van der Waals surface area (Å²) in [5, 5.41) is 18.0. The zero-order valence-electron chi connectivity index (χ0n) is 8.23. The Hall–Kier alpha value is -1.32. The minimum Gasteiger partial charge on any atom is -0.481 e. The van der Waals surface area contributed by atoms with Crippen LogP contribution in [0.3, 0.4) is 0 Å². The number of carboxylic acid groups (broad SMARTS) is 2. The first-order chi connectivity index (χ1) is 6.40. The maximum absolute atomic E-state index is 11.1. The van der Waals surface area contributed by atoms with Crippen LogP contribution in [-0.2, 0) is 9.59 Å². The number of aliphatic carboxylic acids is 2. The van der Waals surface area contributed by atoms with E-state index in [-0.39, 0.29) is 5.92 Å². The summed E-state index contributed by atoms with van der Waals surface area (Å²) in [4.78, 5) is 22.0. The second kappa shape index (κ2) is 3.44. The number of hydrogen-bond donors (Lipinski definition) is 2. The molecule has 1 rings (SSSR count). The van der Waals surface area contributed by atoms with Crippen LogP contribution in [0.5, 0.6) is 0 Å². The van der Waals surface area contributed by atoms with E-state index in [1.54, 1.807) is 19.1 Å². The van der Waals surface area contributed by atoms with Crippen LogP contribution in [-0.4, -0.2) is 22.2 Å². The zero-order chi connectivity index (χ0) is 10.9. The van der Waals surface area contributed by atoms with Gasteiger partial charge in [-0.2, -0.15) is 0 Å². The standard InChI is InChI=1S/C10H14O4/c1-6-4-3-5-7(8(11)12)10(6,2)9(13)14/h3-4,6-7H,5H2,1-2H3,(H,11,12)(H,13,14)/t6-,7+,10+/m0/s1. The van der Waals surface area contributed by atoms with Gasteiger partial charge in [-0.1, -0.05) is 19.1 Å². The molecule has 0 saturated heterocycles. The summed E-state index contributed by atoms with van der Waals surface area (Å²) in [6.07, 6.45) is 3.81. The molecule has 0 aliphatic heterocycles. The quantitative estimate of drug-likeness (QED) is 0.657. The fourth-order valence-electron chi connectivity index (χ4n) is 1.88. The van der Waals surface area contributed by atoms with E-state index in [2.05, 4.69) is 0 Å². The van der Waals surface area contributed by atoms with E-state index in [0.29, 0.717) is 6.42 Å². The Kier molecular flexibility index (Phi) is 2.64. The first-order valence-corrected chi connectivity index (χ1v) is 4.53. The smallest absolute Gasteiger partial charge is 0.310 e. The Bertz CT molecular complexity index is 294. The molecule has 0 aromatic heterocycles. The topological polar surface area (TPSA) is 74.6 Å². The van der Waals surface area contributed by atoms with Crippen molar-refractivity contribution < 1.29 is 19.8 Å². The predicted octanol–water partition coefficient (Wildman–Crippen LogP) is 1.37. The van der Waals surface area contributed by atoms with Crippen LogP contribution in [0.25, 0.3) is 0 Å². The van der Waals surface area contributed by atoms with E-state index in [4.69, 9.17) is 10.2 Å². The number of allylic oxidation sites excluding steroid dienone is 2. The van der Waals surface area contributed by atoms with Gasteiger partial charge in [0.2, 0.25) is 0 Å². The summed E-state index contributed by atoms with van der Waals surface area (Å²) in [6, 6.07) is 0. The van der Waals surface area contributed by atoms with Crippen molar-refractivity contribution in [2.24, 2.45) is 17.3 Å². The second-order valence-corrected chi connectivity index (χ2v) is 3.93. The van der Waals surface area contributed by atoms with E-state index in [1.165, 1.54) is 6.92 Å². The second-order valence-electron chi connectivity index (χ2n) is 3.93. The first kappa shape index (κ1) is 10.8. The van der Waals surface area contributed by atoms with E-state index in [1.807, 2.05) is 0 Å². The van der Waals surface area contributed by atoms with Gasteiger partial charge in [-0.05, 0) is 19.3 Å². The van der Waals surface area contributed by atoms with Crippen molar-refractivity contribution in [1.29, 1.82) is 0 Å². The van der Waals surface area contributed by atoms with Crippen LogP contribution in [0.4, 0.5) is 0 Å². The van der Waals surface area contributed by atoms with Crippen LogP contribution in [0, 0.1) is 17.3 Å². The van der Waals surface area contributed by atoms with Gasteiger partial charge in [0.25, 0.3) is 0 Å². The minimum atomic E-state index is -1.19. The van der Waals surface area contributed by atoms with Gasteiger partial charge in [0.1, 0.15) is 0 Å². The van der Waals surface area contributed by atoms with Gasteiger partial charge in [-0.25, -0.2) is 0 Å². The molecule has 14 heavy (non-hydrogen) atoms. The van der Waals surface area contributed by atoms with E-state index in [0.717, 1.165) is 0 Å². The molecule has 2 N–H and O–H groups in total. The Balaban J connectivity index is 3.13. The number of carboxylic acids is 2. The number of carbonyl (C=O) groups is 2. The SMILES string of the molecule is C[C@H]1C=CC[C@H](C(=O)O)[C@]1(C)C(=O)O. The van der Waals surface area contributed by atoms with Gasteiger partial charge < -0.3 is 10.2 Å². The van der Waals surface area contributed by atoms with Gasteiger partial charge in [0.15, 0.2) is 0 Å². The molecule has 0 fully saturated rings. The molecule has 78 valence electrons. The third kappa shape index (κ3) is 1.41. The van der Waals surface area contributed by atoms with E-state index < -0.39 is 23.3 Å². The Morgan fingerprint density at radius 2 is 2.00 bits per heavy atom. The highest BCUT2D eigenvalue weighted by Gasteiger charge is 2.49. The normalized spacial score (nSPS) is 36.7. The van der Waals surface area contributed by atoms with Crippen molar-refractivity contribution in [2.75, 3.05) is 0 Å². The number of hydrogen-bond acceptors (Lipinski definition) is 2.